The molecule has 1 unspecified atom stereocenters. The van der Waals surface area contributed by atoms with Crippen LogP contribution in [0.1, 0.15) is 32.4 Å². The molecule has 0 saturated carbocycles. The Labute approximate surface area is 330 Å². The number of isothiocyanates is 1. The molecule has 0 radical (unpaired) electrons. The topological polar surface area (TPSA) is 175 Å². The summed E-state index contributed by atoms with van der Waals surface area (Å²) in [5.74, 6) is 0.0305. The summed E-state index contributed by atoms with van der Waals surface area (Å²) in [6.45, 7) is 7.58. The van der Waals surface area contributed by atoms with Gasteiger partial charge in [-0.2, -0.15) is 16.8 Å². The Morgan fingerprint density at radius 3 is 1.95 bits per heavy atom. The van der Waals surface area contributed by atoms with Crippen LogP contribution in [0.2, 0.25) is 0 Å². The molecule has 4 rings (SSSR count). The minimum Gasteiger partial charge on any atom is -0.491 e. The maximum Gasteiger partial charge on any atom is 0.354 e. The van der Waals surface area contributed by atoms with Crippen LogP contribution < -0.4 is 4.74 Å². The zero-order chi connectivity index (χ0) is 38.9. The Kier molecular flexibility index (Phi) is 20.8. The molecule has 0 amide bonds. The van der Waals surface area contributed by atoms with E-state index < -0.39 is 11.9 Å². The van der Waals surface area contributed by atoms with Gasteiger partial charge in [-0.05, 0) is 60.7 Å². The van der Waals surface area contributed by atoms with Crippen molar-refractivity contribution in [3.63, 3.8) is 0 Å². The molecule has 1 aromatic carbocycles. The quantitative estimate of drug-likeness (QED) is 0.120. The predicted molar refractivity (Wildman–Crippen MR) is 210 cm³/mol. The second-order valence-electron chi connectivity index (χ2n) is 12.2. The lowest BCUT2D eigenvalue weighted by Gasteiger charge is -2.25. The number of aliphatic imine (C=N–C) groups is 1. The first-order chi connectivity index (χ1) is 26.9. The van der Waals surface area contributed by atoms with Crippen LogP contribution in [0.25, 0.3) is 0 Å². The summed E-state index contributed by atoms with van der Waals surface area (Å²) < 4.78 is 35.8. The maximum atomic E-state index is 11.5. The molecule has 1 aliphatic rings. The number of aromatic nitrogens is 2. The van der Waals surface area contributed by atoms with Crippen molar-refractivity contribution >= 4 is 46.8 Å². The molecular weight excluding hydrogens is 751 g/mol. The molecule has 15 nitrogen and oxygen atoms in total. The highest BCUT2D eigenvalue weighted by molar-refractivity contribution is 7.99. The Hall–Kier alpha value is -3.87. The number of pyridine rings is 2. The molecule has 1 aliphatic heterocycles. The van der Waals surface area contributed by atoms with Crippen molar-refractivity contribution < 1.29 is 48.2 Å². The van der Waals surface area contributed by atoms with Crippen molar-refractivity contribution in [1.29, 1.82) is 0 Å². The van der Waals surface area contributed by atoms with Crippen LogP contribution in [-0.2, 0) is 36.8 Å². The van der Waals surface area contributed by atoms with E-state index in [0.717, 1.165) is 17.2 Å². The highest BCUT2D eigenvalue weighted by Crippen LogP contribution is 2.17. The van der Waals surface area contributed by atoms with Crippen LogP contribution in [0.3, 0.4) is 0 Å². The number of ether oxygens (including phenoxy) is 6. The van der Waals surface area contributed by atoms with Crippen LogP contribution in [0.15, 0.2) is 65.7 Å². The molecule has 17 heteroatoms. The third-order valence-electron chi connectivity index (χ3n) is 8.10. The zero-order valence-electron chi connectivity index (χ0n) is 30.8. The molecular formula is C38H49N5O10S2. The number of rotatable bonds is 16. The van der Waals surface area contributed by atoms with Crippen molar-refractivity contribution in [2.24, 2.45) is 4.99 Å². The van der Waals surface area contributed by atoms with Gasteiger partial charge in [0.1, 0.15) is 23.7 Å². The van der Waals surface area contributed by atoms with Crippen LogP contribution in [0.5, 0.6) is 5.75 Å². The number of aromatic carboxylic acids is 2. The average Bonchev–Trinajstić information content (AvgIpc) is 3.18. The first kappa shape index (κ1) is 43.9. The van der Waals surface area contributed by atoms with Crippen LogP contribution in [0, 0.1) is 0 Å². The average molecular weight is 800 g/mol. The lowest BCUT2D eigenvalue weighted by atomic mass is 10.3. The molecule has 0 aliphatic carbocycles. The molecule has 55 heavy (non-hydrogen) atoms. The maximum absolute atomic E-state index is 11.5. The summed E-state index contributed by atoms with van der Waals surface area (Å²) >= 11 is 6.34. The van der Waals surface area contributed by atoms with Gasteiger partial charge in [0.2, 0.25) is 0 Å². The van der Waals surface area contributed by atoms with Crippen LogP contribution in [-0.4, -0.2) is 157 Å². The number of carboxylic acids is 2. The van der Waals surface area contributed by atoms with E-state index in [-0.39, 0.29) is 17.5 Å². The van der Waals surface area contributed by atoms with Gasteiger partial charge in [-0.3, -0.25) is 9.80 Å². The fraction of sp³-hybridized carbons (Fsp3) is 0.500. The molecule has 1 saturated heterocycles. The minimum atomic E-state index is -1.07. The number of thiocarbonyl (C=S) groups is 1. The van der Waals surface area contributed by atoms with Gasteiger partial charge in [0.05, 0.1) is 87.8 Å². The molecule has 1 fully saturated rings. The van der Waals surface area contributed by atoms with Crippen molar-refractivity contribution in [1.82, 2.24) is 19.8 Å². The Morgan fingerprint density at radius 1 is 0.782 bits per heavy atom. The number of carboxylic acid groups (broad SMARTS) is 2. The van der Waals surface area contributed by atoms with E-state index in [1.54, 1.807) is 23.9 Å². The third-order valence-corrected chi connectivity index (χ3v) is 9.25. The summed E-state index contributed by atoms with van der Waals surface area (Å²) in [7, 11) is 0. The molecule has 1 atom stereocenters. The summed E-state index contributed by atoms with van der Waals surface area (Å²) in [5, 5.41) is 21.1. The summed E-state index contributed by atoms with van der Waals surface area (Å²) in [4.78, 5) is 39.7. The van der Waals surface area contributed by atoms with E-state index in [4.69, 9.17) is 28.4 Å². The molecule has 3 heterocycles. The second kappa shape index (κ2) is 26.1. The lowest BCUT2D eigenvalue weighted by Crippen LogP contribution is -2.35. The zero-order valence-corrected chi connectivity index (χ0v) is 32.4. The number of carbonyl (C=O) groups is 2. The van der Waals surface area contributed by atoms with Crippen molar-refractivity contribution in [3.8, 4) is 5.75 Å². The van der Waals surface area contributed by atoms with E-state index in [9.17, 15) is 19.8 Å². The van der Waals surface area contributed by atoms with Crippen LogP contribution in [0.4, 0.5) is 5.69 Å². The fourth-order valence-corrected chi connectivity index (χ4v) is 6.27. The van der Waals surface area contributed by atoms with Gasteiger partial charge < -0.3 is 38.6 Å². The normalized spacial score (nSPS) is 17.3. The van der Waals surface area contributed by atoms with E-state index in [0.29, 0.717) is 122 Å². The Morgan fingerprint density at radius 2 is 1.36 bits per heavy atom. The highest BCUT2D eigenvalue weighted by Gasteiger charge is 2.16. The summed E-state index contributed by atoms with van der Waals surface area (Å²) in [6.07, 6.45) is -0.199. The minimum absolute atomic E-state index is 0.00137. The van der Waals surface area contributed by atoms with Crippen LogP contribution >= 0.6 is 24.0 Å². The number of hydrogen-bond acceptors (Lipinski definition) is 15. The molecule has 2 aromatic heterocycles. The van der Waals surface area contributed by atoms with Crippen molar-refractivity contribution in [2.75, 3.05) is 104 Å². The van der Waals surface area contributed by atoms with Gasteiger partial charge in [-0.25, -0.2) is 19.6 Å². The number of benzene rings is 1. The third kappa shape index (κ3) is 18.1. The smallest absolute Gasteiger partial charge is 0.354 e. The summed E-state index contributed by atoms with van der Waals surface area (Å²) in [5.41, 5.74) is 2.02. The molecule has 0 bridgehead atoms. The molecule has 2 N–H and O–H groups in total. The summed E-state index contributed by atoms with van der Waals surface area (Å²) in [6, 6.07) is 17.2. The number of nitrogens with zero attached hydrogens (tertiary/aromatic N) is 5. The van der Waals surface area contributed by atoms with Gasteiger partial charge >= 0.3 is 11.9 Å². The Bertz CT molecular complexity index is 1630. The molecule has 298 valence electrons. The van der Waals surface area contributed by atoms with Gasteiger partial charge in [0.25, 0.3) is 0 Å². The number of thioether (sulfide) groups is 1. The number of hydrogen-bond donors (Lipinski definition) is 2. The van der Waals surface area contributed by atoms with Gasteiger partial charge in [-0.1, -0.05) is 12.1 Å². The highest BCUT2D eigenvalue weighted by atomic mass is 32.2. The van der Waals surface area contributed by atoms with E-state index in [1.807, 2.05) is 36.4 Å². The predicted octanol–water partition coefficient (Wildman–Crippen LogP) is 4.19. The van der Waals surface area contributed by atoms with Crippen molar-refractivity contribution in [2.45, 2.75) is 19.2 Å². The monoisotopic (exact) mass is 799 g/mol. The standard InChI is InChI=1S/C38H49N5O10S2/c44-37(45)35-5-1-3-31(40-35)25-42-11-15-48-19-20-49-16-12-43(26-32-4-2-6-36(41-32)38(46)47)14-18-52-34(27-51-17-13-42)28-55-24-23-50-21-22-53-33-9-7-30(8-10-33)39-29-54/h1-10,34H,11-28H2,(H,44,45)(H,46,47). The van der Waals surface area contributed by atoms with Gasteiger partial charge in [0.15, 0.2) is 0 Å². The Balaban J connectivity index is 1.29. The fourth-order valence-electron chi connectivity index (χ4n) is 5.30. The second-order valence-corrected chi connectivity index (χ2v) is 13.5. The molecule has 3 aromatic rings. The van der Waals surface area contributed by atoms with Gasteiger partial charge in [0, 0.05) is 50.8 Å². The van der Waals surface area contributed by atoms with E-state index >= 15 is 0 Å². The van der Waals surface area contributed by atoms with Gasteiger partial charge in [-0.15, -0.1) is 0 Å². The first-order valence-electron chi connectivity index (χ1n) is 18.0. The van der Waals surface area contributed by atoms with E-state index in [2.05, 4.69) is 42.1 Å². The van der Waals surface area contributed by atoms with E-state index in [1.165, 1.54) is 12.1 Å². The lowest BCUT2D eigenvalue weighted by molar-refractivity contribution is -0.0238. The molecule has 0 spiro atoms. The largest absolute Gasteiger partial charge is 0.491 e. The van der Waals surface area contributed by atoms with Crippen molar-refractivity contribution in [3.05, 3.63) is 83.4 Å². The SMILES string of the molecule is O=C(O)c1cccc(CN2CCOCCOCCN(Cc3cccc(C(=O)O)n3)CCOC(CSCCOCCOc3ccc(N=C=S)cc3)COCC2)n1. The first-order valence-corrected chi connectivity index (χ1v) is 19.6.